The molecule has 0 spiro atoms. The van der Waals surface area contributed by atoms with Crippen molar-refractivity contribution < 1.29 is 18.3 Å². The number of hydrogen-bond acceptors (Lipinski definition) is 4. The highest BCUT2D eigenvalue weighted by Crippen LogP contribution is 2.09. The van der Waals surface area contributed by atoms with Gasteiger partial charge in [-0.15, -0.1) is 0 Å². The molecule has 0 N–H and O–H groups in total. The zero-order valence-corrected chi connectivity index (χ0v) is 10.4. The van der Waals surface area contributed by atoms with Crippen LogP contribution in [0.1, 0.15) is 27.2 Å². The Morgan fingerprint density at radius 1 is 1.47 bits per heavy atom. The third-order valence-corrected chi connectivity index (χ3v) is 1.74. The van der Waals surface area contributed by atoms with Crippen molar-refractivity contribution in [3.05, 3.63) is 0 Å². The molecule has 0 aromatic carbocycles. The smallest absolute Gasteiger partial charge is 0.434 e. The van der Waals surface area contributed by atoms with Crippen LogP contribution in [0.5, 0.6) is 0 Å². The van der Waals surface area contributed by atoms with Gasteiger partial charge >= 0.3 is 6.09 Å². The van der Waals surface area contributed by atoms with E-state index in [2.05, 4.69) is 0 Å². The maximum Gasteiger partial charge on any atom is 0.434 e. The second-order valence-electron chi connectivity index (χ2n) is 3.98. The van der Waals surface area contributed by atoms with Crippen molar-refractivity contribution in [1.29, 1.82) is 0 Å². The summed E-state index contributed by atoms with van der Waals surface area (Å²) in [4.78, 5) is 16.4. The summed E-state index contributed by atoms with van der Waals surface area (Å²) in [6.45, 7) is 5.63. The minimum atomic E-state index is -0.546. The van der Waals surface area contributed by atoms with Crippen molar-refractivity contribution in [2.45, 2.75) is 32.8 Å². The van der Waals surface area contributed by atoms with Crippen molar-refractivity contribution in [2.24, 2.45) is 0 Å². The third kappa shape index (κ3) is 8.50. The monoisotopic (exact) mass is 239 g/mol. The van der Waals surface area contributed by atoms with E-state index >= 15 is 0 Å². The fraction of sp³-hybridized carbons (Fsp3) is 0.889. The fourth-order valence-corrected chi connectivity index (χ4v) is 0.921. The average molecular weight is 239 g/mol. The average Bonchev–Trinajstić information content (AvgIpc) is 2.09. The number of nitrogens with zero attached hydrogens (tertiary/aromatic N) is 1. The lowest BCUT2D eigenvalue weighted by Gasteiger charge is -2.23. The molecule has 0 atom stereocenters. The van der Waals surface area contributed by atoms with Gasteiger partial charge in [0.05, 0.1) is 6.61 Å². The van der Waals surface area contributed by atoms with Gasteiger partial charge in [-0.25, -0.2) is 4.79 Å². The highest BCUT2D eigenvalue weighted by Gasteiger charge is 2.19. The van der Waals surface area contributed by atoms with E-state index in [0.29, 0.717) is 18.8 Å². The van der Waals surface area contributed by atoms with Crippen LogP contribution in [0, 0.1) is 0 Å². The molecule has 0 fully saturated rings. The first-order valence-corrected chi connectivity index (χ1v) is 5.58. The molecular weight excluding hydrogens is 221 g/mol. The molecule has 0 aliphatic carbocycles. The van der Waals surface area contributed by atoms with Gasteiger partial charge in [-0.2, -0.15) is 8.95 Å². The Morgan fingerprint density at radius 3 is 2.53 bits per heavy atom. The topological polar surface area (TPSA) is 38.8 Å². The van der Waals surface area contributed by atoms with Crippen LogP contribution < -0.4 is 0 Å². The lowest BCUT2D eigenvalue weighted by molar-refractivity contribution is -0.130. The summed E-state index contributed by atoms with van der Waals surface area (Å²) < 4.78 is 16.7. The summed E-state index contributed by atoms with van der Waals surface area (Å²) in [6, 6.07) is 0. The summed E-state index contributed by atoms with van der Waals surface area (Å²) in [5.41, 5.74) is -0.538. The molecular formula is C9H18FNO3S. The van der Waals surface area contributed by atoms with Crippen molar-refractivity contribution in [2.75, 3.05) is 19.4 Å². The van der Waals surface area contributed by atoms with Crippen LogP contribution in [0.2, 0.25) is 0 Å². The zero-order chi connectivity index (χ0) is 11.9. The number of hydroxylamine groups is 2. The molecule has 0 heterocycles. The molecule has 90 valence electrons. The number of halogens is 1. The van der Waals surface area contributed by atoms with Gasteiger partial charge in [-0.3, -0.25) is 4.84 Å². The molecule has 4 nitrogen and oxygen atoms in total. The van der Waals surface area contributed by atoms with Gasteiger partial charge in [0, 0.05) is 24.9 Å². The highest BCUT2D eigenvalue weighted by molar-refractivity contribution is 7.94. The van der Waals surface area contributed by atoms with E-state index in [4.69, 9.17) is 9.57 Å². The Kier molecular flexibility index (Phi) is 6.67. The summed E-state index contributed by atoms with van der Waals surface area (Å²) in [7, 11) is 1.47. The second-order valence-corrected chi connectivity index (χ2v) is 4.60. The number of rotatable bonds is 5. The highest BCUT2D eigenvalue weighted by atomic mass is 32.2. The van der Waals surface area contributed by atoms with E-state index < -0.39 is 11.7 Å². The van der Waals surface area contributed by atoms with Gasteiger partial charge in [-0.05, 0) is 27.2 Å². The molecule has 0 saturated heterocycles. The molecule has 1 amide bonds. The first-order chi connectivity index (χ1) is 6.87. The summed E-state index contributed by atoms with van der Waals surface area (Å²) in [6.07, 6.45) is 0.00398. The Balaban J connectivity index is 3.70. The Hall–Kier alpha value is -0.490. The van der Waals surface area contributed by atoms with Gasteiger partial charge < -0.3 is 4.74 Å². The third-order valence-electron chi connectivity index (χ3n) is 1.30. The number of hydrogen-bond donors (Lipinski definition) is 0. The van der Waals surface area contributed by atoms with Crippen molar-refractivity contribution >= 4 is 18.2 Å². The molecule has 0 rings (SSSR count). The van der Waals surface area contributed by atoms with E-state index in [-0.39, 0.29) is 12.1 Å². The van der Waals surface area contributed by atoms with E-state index in [9.17, 15) is 8.68 Å². The lowest BCUT2D eigenvalue weighted by Crippen LogP contribution is -2.34. The lowest BCUT2D eigenvalue weighted by atomic mass is 10.2. The molecule has 0 aromatic heterocycles. The minimum absolute atomic E-state index is 0.257. The predicted molar refractivity (Wildman–Crippen MR) is 58.1 cm³/mol. The maximum absolute atomic E-state index is 11.7. The molecule has 0 aliphatic heterocycles. The van der Waals surface area contributed by atoms with Crippen LogP contribution in [0.15, 0.2) is 0 Å². The molecule has 0 radical (unpaired) electrons. The standard InChI is InChI=1S/C9H18FNO3S/c1-9(2,3)14-8(12)11(4)13-6-5-7-15-10/h5-7H2,1-4H3. The quantitative estimate of drug-likeness (QED) is 0.546. The molecule has 0 aliphatic rings. The Morgan fingerprint density at radius 2 is 2.07 bits per heavy atom. The molecule has 0 aromatic rings. The first-order valence-electron chi connectivity index (χ1n) is 4.70. The number of ether oxygens (including phenoxy) is 1. The van der Waals surface area contributed by atoms with Gasteiger partial charge in [0.2, 0.25) is 0 Å². The van der Waals surface area contributed by atoms with Crippen LogP contribution in [0.25, 0.3) is 0 Å². The molecule has 0 bridgehead atoms. The molecule has 15 heavy (non-hydrogen) atoms. The van der Waals surface area contributed by atoms with Crippen molar-refractivity contribution in [3.8, 4) is 0 Å². The normalized spacial score (nSPS) is 11.3. The first kappa shape index (κ1) is 14.5. The second kappa shape index (κ2) is 6.90. The van der Waals surface area contributed by atoms with Crippen molar-refractivity contribution in [3.63, 3.8) is 0 Å². The SMILES string of the molecule is CN(OCCCSF)C(=O)OC(C)(C)C. The summed E-state index contributed by atoms with van der Waals surface area (Å²) >= 11 is 0.257. The fourth-order valence-electron chi connectivity index (χ4n) is 0.694. The minimum Gasteiger partial charge on any atom is -0.442 e. The zero-order valence-electron chi connectivity index (χ0n) is 9.58. The van der Waals surface area contributed by atoms with E-state index in [0.717, 1.165) is 5.06 Å². The van der Waals surface area contributed by atoms with Crippen LogP contribution >= 0.6 is 12.1 Å². The van der Waals surface area contributed by atoms with Gasteiger partial charge in [0.25, 0.3) is 0 Å². The molecule has 6 heteroatoms. The summed E-state index contributed by atoms with van der Waals surface area (Å²) in [5, 5.41) is 1.02. The van der Waals surface area contributed by atoms with Crippen molar-refractivity contribution in [1.82, 2.24) is 5.06 Å². The number of carbonyl (C=O) groups is 1. The summed E-state index contributed by atoms with van der Waals surface area (Å²) in [5.74, 6) is 0.363. The number of carbonyl (C=O) groups excluding carboxylic acids is 1. The number of amides is 1. The van der Waals surface area contributed by atoms with Crippen LogP contribution in [0.4, 0.5) is 8.68 Å². The van der Waals surface area contributed by atoms with E-state index in [1.54, 1.807) is 20.8 Å². The molecule has 0 saturated carbocycles. The largest absolute Gasteiger partial charge is 0.442 e. The van der Waals surface area contributed by atoms with Gasteiger partial charge in [0.1, 0.15) is 5.60 Å². The van der Waals surface area contributed by atoms with Gasteiger partial charge in [-0.1, -0.05) is 0 Å². The predicted octanol–water partition coefficient (Wildman–Crippen LogP) is 2.79. The van der Waals surface area contributed by atoms with Crippen LogP contribution in [0.3, 0.4) is 0 Å². The van der Waals surface area contributed by atoms with Crippen LogP contribution in [-0.2, 0) is 9.57 Å². The molecule has 0 unspecified atom stereocenters. The van der Waals surface area contributed by atoms with Gasteiger partial charge in [0.15, 0.2) is 0 Å². The van der Waals surface area contributed by atoms with E-state index in [1.807, 2.05) is 0 Å². The Labute approximate surface area is 94.3 Å². The van der Waals surface area contributed by atoms with E-state index in [1.165, 1.54) is 7.05 Å². The maximum atomic E-state index is 11.7. The van der Waals surface area contributed by atoms with Crippen LogP contribution in [-0.4, -0.2) is 36.2 Å². The Bertz CT molecular complexity index is 196.